The number of nitrogens with zero attached hydrogens (tertiary/aromatic N) is 1. The maximum Gasteiger partial charge on any atom is 0.321 e. The second kappa shape index (κ2) is 4.49. The van der Waals surface area contributed by atoms with Crippen molar-refractivity contribution < 1.29 is 13.6 Å². The largest absolute Gasteiger partial charge is 0.323 e. The molecule has 0 radical (unpaired) electrons. The molecule has 1 unspecified atom stereocenters. The zero-order valence-electron chi connectivity index (χ0n) is 9.08. The van der Waals surface area contributed by atoms with E-state index in [-0.39, 0.29) is 6.03 Å². The number of halogens is 3. The molecule has 0 bridgehead atoms. The van der Waals surface area contributed by atoms with Gasteiger partial charge < -0.3 is 10.2 Å². The standard InChI is InChI=1S/C11H11ClF2N2O/c1-16-5-7-4-6(9(12)10(13)14)2-3-8(7)15-11(16)17/h2-4,9-10H,5H2,1H3,(H,15,17). The first-order chi connectivity index (χ1) is 7.99. The summed E-state index contributed by atoms with van der Waals surface area (Å²) in [7, 11) is 1.64. The number of rotatable bonds is 2. The summed E-state index contributed by atoms with van der Waals surface area (Å²) < 4.78 is 24.9. The van der Waals surface area contributed by atoms with Gasteiger partial charge >= 0.3 is 6.03 Å². The van der Waals surface area contributed by atoms with Crippen LogP contribution in [0.1, 0.15) is 16.5 Å². The summed E-state index contributed by atoms with van der Waals surface area (Å²) in [4.78, 5) is 12.8. The van der Waals surface area contributed by atoms with E-state index in [1.54, 1.807) is 19.2 Å². The van der Waals surface area contributed by atoms with E-state index in [4.69, 9.17) is 11.6 Å². The Balaban J connectivity index is 2.32. The first-order valence-electron chi connectivity index (χ1n) is 5.06. The number of hydrogen-bond acceptors (Lipinski definition) is 1. The third kappa shape index (κ3) is 2.34. The van der Waals surface area contributed by atoms with Crippen molar-refractivity contribution in [2.75, 3.05) is 12.4 Å². The van der Waals surface area contributed by atoms with Crippen molar-refractivity contribution in [2.24, 2.45) is 0 Å². The SMILES string of the molecule is CN1Cc2cc(C(Cl)C(F)F)ccc2NC1=O. The monoisotopic (exact) mass is 260 g/mol. The van der Waals surface area contributed by atoms with Gasteiger partial charge in [-0.15, -0.1) is 11.6 Å². The number of benzene rings is 1. The number of anilines is 1. The molecule has 6 heteroatoms. The minimum absolute atomic E-state index is 0.207. The third-order valence-electron chi connectivity index (χ3n) is 2.66. The maximum absolute atomic E-state index is 12.5. The minimum atomic E-state index is -2.61. The van der Waals surface area contributed by atoms with E-state index < -0.39 is 11.8 Å². The molecule has 0 aromatic heterocycles. The highest BCUT2D eigenvalue weighted by molar-refractivity contribution is 6.21. The van der Waals surface area contributed by atoms with E-state index in [2.05, 4.69) is 5.32 Å². The predicted molar refractivity (Wildman–Crippen MR) is 61.5 cm³/mol. The van der Waals surface area contributed by atoms with Gasteiger partial charge in [-0.2, -0.15) is 0 Å². The van der Waals surface area contributed by atoms with Gasteiger partial charge in [-0.3, -0.25) is 0 Å². The van der Waals surface area contributed by atoms with Crippen LogP contribution in [-0.4, -0.2) is 24.4 Å². The van der Waals surface area contributed by atoms with E-state index in [0.29, 0.717) is 17.8 Å². The second-order valence-corrected chi connectivity index (χ2v) is 4.41. The highest BCUT2D eigenvalue weighted by Crippen LogP contribution is 2.31. The molecular formula is C11H11ClF2N2O. The van der Waals surface area contributed by atoms with Crippen LogP contribution >= 0.6 is 11.6 Å². The number of hydrogen-bond donors (Lipinski definition) is 1. The Morgan fingerprint density at radius 1 is 1.47 bits per heavy atom. The van der Waals surface area contributed by atoms with Crippen LogP contribution in [0.25, 0.3) is 0 Å². The Morgan fingerprint density at radius 2 is 2.18 bits per heavy atom. The van der Waals surface area contributed by atoms with Crippen LogP contribution in [0.15, 0.2) is 18.2 Å². The first-order valence-corrected chi connectivity index (χ1v) is 5.50. The van der Waals surface area contributed by atoms with E-state index in [1.807, 2.05) is 0 Å². The quantitative estimate of drug-likeness (QED) is 0.814. The number of nitrogens with one attached hydrogen (secondary N) is 1. The van der Waals surface area contributed by atoms with Crippen LogP contribution in [0.5, 0.6) is 0 Å². The van der Waals surface area contributed by atoms with Crippen LogP contribution in [0.2, 0.25) is 0 Å². The number of fused-ring (bicyclic) bond motifs is 1. The van der Waals surface area contributed by atoms with Gasteiger partial charge in [-0.05, 0) is 17.2 Å². The number of urea groups is 1. The zero-order chi connectivity index (χ0) is 12.6. The fraction of sp³-hybridized carbons (Fsp3) is 0.364. The average Bonchev–Trinajstić information content (AvgIpc) is 2.29. The molecule has 2 rings (SSSR count). The second-order valence-electron chi connectivity index (χ2n) is 3.94. The topological polar surface area (TPSA) is 32.3 Å². The van der Waals surface area contributed by atoms with Crippen molar-refractivity contribution in [3.8, 4) is 0 Å². The lowest BCUT2D eigenvalue weighted by Crippen LogP contribution is -2.35. The van der Waals surface area contributed by atoms with Crippen molar-refractivity contribution >= 4 is 23.3 Å². The van der Waals surface area contributed by atoms with E-state index in [9.17, 15) is 13.6 Å². The van der Waals surface area contributed by atoms with Crippen LogP contribution in [0, 0.1) is 0 Å². The first kappa shape index (κ1) is 12.1. The molecular weight excluding hydrogens is 250 g/mol. The highest BCUT2D eigenvalue weighted by Gasteiger charge is 2.23. The van der Waals surface area contributed by atoms with Crippen molar-refractivity contribution in [2.45, 2.75) is 18.3 Å². The molecule has 17 heavy (non-hydrogen) atoms. The van der Waals surface area contributed by atoms with E-state index in [1.165, 1.54) is 11.0 Å². The molecule has 1 N–H and O–H groups in total. The molecule has 0 fully saturated rings. The van der Waals surface area contributed by atoms with Crippen LogP contribution in [0.4, 0.5) is 19.3 Å². The number of carbonyl (C=O) groups is 1. The number of alkyl halides is 3. The van der Waals surface area contributed by atoms with Crippen molar-refractivity contribution in [3.05, 3.63) is 29.3 Å². The molecule has 0 saturated carbocycles. The van der Waals surface area contributed by atoms with Gasteiger partial charge in [0.05, 0.1) is 0 Å². The van der Waals surface area contributed by atoms with Gasteiger partial charge in [-0.25, -0.2) is 13.6 Å². The third-order valence-corrected chi connectivity index (χ3v) is 3.11. The van der Waals surface area contributed by atoms with Gasteiger partial charge in [-0.1, -0.05) is 12.1 Å². The molecule has 0 aliphatic carbocycles. The van der Waals surface area contributed by atoms with Crippen LogP contribution in [-0.2, 0) is 6.54 Å². The Morgan fingerprint density at radius 3 is 2.82 bits per heavy atom. The maximum atomic E-state index is 12.5. The fourth-order valence-electron chi connectivity index (χ4n) is 1.72. The molecule has 2 amide bonds. The van der Waals surface area contributed by atoms with Crippen molar-refractivity contribution in [1.29, 1.82) is 0 Å². The summed E-state index contributed by atoms with van der Waals surface area (Å²) >= 11 is 5.60. The summed E-state index contributed by atoms with van der Waals surface area (Å²) in [6.45, 7) is 0.391. The summed E-state index contributed by atoms with van der Waals surface area (Å²) in [5, 5.41) is 1.34. The summed E-state index contributed by atoms with van der Waals surface area (Å²) in [5.74, 6) is 0. The molecule has 0 spiro atoms. The molecule has 3 nitrogen and oxygen atoms in total. The van der Waals surface area contributed by atoms with Gasteiger partial charge in [0.15, 0.2) is 0 Å². The van der Waals surface area contributed by atoms with Crippen LogP contribution < -0.4 is 5.32 Å². The molecule has 1 aliphatic heterocycles. The highest BCUT2D eigenvalue weighted by atomic mass is 35.5. The van der Waals surface area contributed by atoms with Gasteiger partial charge in [0.25, 0.3) is 6.43 Å². The number of amides is 2. The van der Waals surface area contributed by atoms with Gasteiger partial charge in [0.2, 0.25) is 0 Å². The smallest absolute Gasteiger partial charge is 0.321 e. The minimum Gasteiger partial charge on any atom is -0.323 e. The molecule has 1 heterocycles. The summed E-state index contributed by atoms with van der Waals surface area (Å²) in [6, 6.07) is 4.51. The fourth-order valence-corrected chi connectivity index (χ4v) is 1.86. The molecule has 1 aliphatic rings. The van der Waals surface area contributed by atoms with Gasteiger partial charge in [0, 0.05) is 19.3 Å². The van der Waals surface area contributed by atoms with Crippen molar-refractivity contribution in [3.63, 3.8) is 0 Å². The zero-order valence-corrected chi connectivity index (χ0v) is 9.84. The number of carbonyl (C=O) groups excluding carboxylic acids is 1. The Labute approximate surface area is 102 Å². The van der Waals surface area contributed by atoms with E-state index in [0.717, 1.165) is 5.56 Å². The molecule has 1 atom stereocenters. The lowest BCUT2D eigenvalue weighted by molar-refractivity contribution is 0.143. The van der Waals surface area contributed by atoms with E-state index >= 15 is 0 Å². The molecule has 0 saturated heterocycles. The summed E-state index contributed by atoms with van der Waals surface area (Å²) in [5.41, 5.74) is 1.80. The van der Waals surface area contributed by atoms with Crippen LogP contribution in [0.3, 0.4) is 0 Å². The molecule has 1 aromatic rings. The lowest BCUT2D eigenvalue weighted by Gasteiger charge is -2.26. The average molecular weight is 261 g/mol. The molecule has 92 valence electrons. The summed E-state index contributed by atoms with van der Waals surface area (Å²) in [6.07, 6.45) is -2.61. The Hall–Kier alpha value is -1.36. The van der Waals surface area contributed by atoms with Gasteiger partial charge in [0.1, 0.15) is 5.38 Å². The Bertz CT molecular complexity index is 453. The molecule has 1 aromatic carbocycles. The predicted octanol–water partition coefficient (Wildman–Crippen LogP) is 3.21. The Kier molecular flexibility index (Phi) is 3.19. The lowest BCUT2D eigenvalue weighted by atomic mass is 10.0. The van der Waals surface area contributed by atoms with Crippen molar-refractivity contribution in [1.82, 2.24) is 4.90 Å². The normalized spacial score (nSPS) is 16.8.